The topological polar surface area (TPSA) is 21.3 Å². The predicted molar refractivity (Wildman–Crippen MR) is 92.0 cm³/mol. The summed E-state index contributed by atoms with van der Waals surface area (Å²) in [5.41, 5.74) is 1.82. The van der Waals surface area contributed by atoms with Crippen molar-refractivity contribution in [3.8, 4) is 5.75 Å². The standard InChI is InChI=1S/C19H33NO/c1-15(2)20-14-17(11-12-19(3,4)5)13-16-7-9-18(21-6)10-8-16/h7-10,15,17,20H,11-14H2,1-6H3. The van der Waals surface area contributed by atoms with Crippen LogP contribution < -0.4 is 10.1 Å². The molecule has 1 rings (SSSR count). The zero-order valence-corrected chi connectivity index (χ0v) is 14.7. The minimum absolute atomic E-state index is 0.413. The molecule has 0 heterocycles. The summed E-state index contributed by atoms with van der Waals surface area (Å²) in [7, 11) is 1.72. The van der Waals surface area contributed by atoms with Gasteiger partial charge in [-0.3, -0.25) is 0 Å². The van der Waals surface area contributed by atoms with Gasteiger partial charge in [-0.05, 0) is 54.8 Å². The Kier molecular flexibility index (Phi) is 7.24. The van der Waals surface area contributed by atoms with E-state index in [1.807, 2.05) is 0 Å². The van der Waals surface area contributed by atoms with Gasteiger partial charge in [0, 0.05) is 6.04 Å². The Hall–Kier alpha value is -1.02. The molecule has 0 saturated heterocycles. The lowest BCUT2D eigenvalue weighted by Gasteiger charge is -2.24. The van der Waals surface area contributed by atoms with Crippen molar-refractivity contribution in [2.24, 2.45) is 11.3 Å². The smallest absolute Gasteiger partial charge is 0.118 e. The first-order chi connectivity index (χ1) is 9.80. The van der Waals surface area contributed by atoms with Crippen molar-refractivity contribution in [3.63, 3.8) is 0 Å². The largest absolute Gasteiger partial charge is 0.497 e. The molecule has 1 aromatic carbocycles. The van der Waals surface area contributed by atoms with Gasteiger partial charge in [0.05, 0.1) is 7.11 Å². The second kappa shape index (κ2) is 8.43. The maximum absolute atomic E-state index is 5.23. The molecule has 0 saturated carbocycles. The SMILES string of the molecule is COc1ccc(CC(CCC(C)(C)C)CNC(C)C)cc1. The number of hydrogen-bond donors (Lipinski definition) is 1. The average molecular weight is 291 g/mol. The zero-order valence-electron chi connectivity index (χ0n) is 14.7. The van der Waals surface area contributed by atoms with Crippen LogP contribution in [0.4, 0.5) is 0 Å². The van der Waals surface area contributed by atoms with Crippen LogP contribution >= 0.6 is 0 Å². The maximum atomic E-state index is 5.23. The Labute approximate surface area is 131 Å². The first-order valence-electron chi connectivity index (χ1n) is 8.16. The molecular weight excluding hydrogens is 258 g/mol. The van der Waals surface area contributed by atoms with Crippen LogP contribution in [0.1, 0.15) is 53.0 Å². The van der Waals surface area contributed by atoms with Gasteiger partial charge in [0.25, 0.3) is 0 Å². The zero-order chi connectivity index (χ0) is 15.9. The highest BCUT2D eigenvalue weighted by Crippen LogP contribution is 2.25. The molecule has 2 heteroatoms. The molecule has 0 aliphatic rings. The fourth-order valence-electron chi connectivity index (χ4n) is 2.41. The third-order valence-electron chi connectivity index (χ3n) is 3.80. The summed E-state index contributed by atoms with van der Waals surface area (Å²) < 4.78 is 5.23. The van der Waals surface area contributed by atoms with Gasteiger partial charge >= 0.3 is 0 Å². The number of methoxy groups -OCH3 is 1. The van der Waals surface area contributed by atoms with Crippen LogP contribution in [0, 0.1) is 11.3 Å². The van der Waals surface area contributed by atoms with E-state index in [1.165, 1.54) is 18.4 Å². The normalized spacial score (nSPS) is 13.5. The van der Waals surface area contributed by atoms with Crippen LogP contribution in [0.2, 0.25) is 0 Å². The molecule has 0 aliphatic heterocycles. The van der Waals surface area contributed by atoms with E-state index in [1.54, 1.807) is 7.11 Å². The number of ether oxygens (including phenoxy) is 1. The van der Waals surface area contributed by atoms with E-state index in [4.69, 9.17) is 4.74 Å². The van der Waals surface area contributed by atoms with E-state index in [9.17, 15) is 0 Å². The van der Waals surface area contributed by atoms with Gasteiger partial charge in [0.1, 0.15) is 5.75 Å². The van der Waals surface area contributed by atoms with Crippen LogP contribution in [0.5, 0.6) is 5.75 Å². The van der Waals surface area contributed by atoms with Gasteiger partial charge in [0.15, 0.2) is 0 Å². The molecule has 1 N–H and O–H groups in total. The fraction of sp³-hybridized carbons (Fsp3) is 0.684. The van der Waals surface area contributed by atoms with E-state index < -0.39 is 0 Å². The molecule has 1 unspecified atom stereocenters. The lowest BCUT2D eigenvalue weighted by Crippen LogP contribution is -2.30. The number of benzene rings is 1. The van der Waals surface area contributed by atoms with Crippen molar-refractivity contribution in [2.75, 3.05) is 13.7 Å². The molecule has 21 heavy (non-hydrogen) atoms. The molecule has 0 radical (unpaired) electrons. The summed E-state index contributed by atoms with van der Waals surface area (Å²) in [6, 6.07) is 9.06. The average Bonchev–Trinajstić information content (AvgIpc) is 2.41. The lowest BCUT2D eigenvalue weighted by molar-refractivity contribution is 0.310. The second-order valence-electron chi connectivity index (χ2n) is 7.58. The molecule has 1 atom stereocenters. The van der Waals surface area contributed by atoms with Gasteiger partial charge < -0.3 is 10.1 Å². The van der Waals surface area contributed by atoms with Crippen LogP contribution in [-0.4, -0.2) is 19.7 Å². The first-order valence-corrected chi connectivity index (χ1v) is 8.16. The molecule has 0 bridgehead atoms. The van der Waals surface area contributed by atoms with E-state index in [2.05, 4.69) is 64.2 Å². The molecule has 2 nitrogen and oxygen atoms in total. The van der Waals surface area contributed by atoms with E-state index in [0.29, 0.717) is 17.4 Å². The summed E-state index contributed by atoms with van der Waals surface area (Å²) in [5.74, 6) is 1.63. The summed E-state index contributed by atoms with van der Waals surface area (Å²) in [6.45, 7) is 12.5. The van der Waals surface area contributed by atoms with Crippen LogP contribution in [-0.2, 0) is 6.42 Å². The second-order valence-corrected chi connectivity index (χ2v) is 7.58. The highest BCUT2D eigenvalue weighted by atomic mass is 16.5. The summed E-state index contributed by atoms with van der Waals surface area (Å²) >= 11 is 0. The Bertz CT molecular complexity index is 389. The van der Waals surface area contributed by atoms with Crippen LogP contribution in [0.25, 0.3) is 0 Å². The van der Waals surface area contributed by atoms with Crippen molar-refractivity contribution in [1.29, 1.82) is 0 Å². The molecule has 0 spiro atoms. The summed E-state index contributed by atoms with van der Waals surface area (Å²) in [6.07, 6.45) is 3.68. The fourth-order valence-corrected chi connectivity index (χ4v) is 2.41. The number of hydrogen-bond acceptors (Lipinski definition) is 2. The van der Waals surface area contributed by atoms with Crippen molar-refractivity contribution in [3.05, 3.63) is 29.8 Å². The van der Waals surface area contributed by atoms with Gasteiger partial charge in [-0.2, -0.15) is 0 Å². The number of rotatable bonds is 8. The Morgan fingerprint density at radius 1 is 1.10 bits per heavy atom. The minimum atomic E-state index is 0.413. The van der Waals surface area contributed by atoms with Crippen molar-refractivity contribution >= 4 is 0 Å². The highest BCUT2D eigenvalue weighted by molar-refractivity contribution is 5.27. The summed E-state index contributed by atoms with van der Waals surface area (Å²) in [4.78, 5) is 0. The van der Waals surface area contributed by atoms with Crippen LogP contribution in [0.3, 0.4) is 0 Å². The molecule has 0 aromatic heterocycles. The molecule has 1 aromatic rings. The minimum Gasteiger partial charge on any atom is -0.497 e. The summed E-state index contributed by atoms with van der Waals surface area (Å²) in [5, 5.41) is 3.60. The molecule has 0 aliphatic carbocycles. The third kappa shape index (κ3) is 8.11. The molecule has 0 fully saturated rings. The monoisotopic (exact) mass is 291 g/mol. The molecule has 120 valence electrons. The highest BCUT2D eigenvalue weighted by Gasteiger charge is 2.16. The van der Waals surface area contributed by atoms with Gasteiger partial charge in [-0.1, -0.05) is 46.8 Å². The quantitative estimate of drug-likeness (QED) is 0.751. The third-order valence-corrected chi connectivity index (χ3v) is 3.80. The van der Waals surface area contributed by atoms with E-state index in [-0.39, 0.29) is 0 Å². The van der Waals surface area contributed by atoms with Crippen molar-refractivity contribution in [1.82, 2.24) is 5.32 Å². The Morgan fingerprint density at radius 2 is 1.71 bits per heavy atom. The number of nitrogens with one attached hydrogen (secondary N) is 1. The van der Waals surface area contributed by atoms with E-state index >= 15 is 0 Å². The van der Waals surface area contributed by atoms with Crippen LogP contribution in [0.15, 0.2) is 24.3 Å². The van der Waals surface area contributed by atoms with Gasteiger partial charge in [-0.25, -0.2) is 0 Å². The van der Waals surface area contributed by atoms with Crippen molar-refractivity contribution < 1.29 is 4.74 Å². The lowest BCUT2D eigenvalue weighted by atomic mass is 9.84. The van der Waals surface area contributed by atoms with Gasteiger partial charge in [-0.15, -0.1) is 0 Å². The van der Waals surface area contributed by atoms with E-state index in [0.717, 1.165) is 18.7 Å². The maximum Gasteiger partial charge on any atom is 0.118 e. The van der Waals surface area contributed by atoms with Gasteiger partial charge in [0.2, 0.25) is 0 Å². The predicted octanol–water partition coefficient (Wildman–Crippen LogP) is 4.68. The molecule has 0 amide bonds. The van der Waals surface area contributed by atoms with Crippen molar-refractivity contribution in [2.45, 2.75) is 59.9 Å². The Balaban J connectivity index is 2.61. The Morgan fingerprint density at radius 3 is 2.19 bits per heavy atom. The molecular formula is C19H33NO. The first kappa shape index (κ1) is 18.0.